The van der Waals surface area contributed by atoms with Crippen LogP contribution < -0.4 is 5.56 Å². The summed E-state index contributed by atoms with van der Waals surface area (Å²) in [6.45, 7) is 5.79. The van der Waals surface area contributed by atoms with E-state index in [0.717, 1.165) is 22.5 Å². The average Bonchev–Trinajstić information content (AvgIpc) is 2.82. The van der Waals surface area contributed by atoms with E-state index in [9.17, 15) is 4.79 Å². The van der Waals surface area contributed by atoms with E-state index in [1.165, 1.54) is 4.68 Å². The number of rotatable bonds is 3. The van der Waals surface area contributed by atoms with Gasteiger partial charge < -0.3 is 0 Å². The van der Waals surface area contributed by atoms with Crippen LogP contribution in [0.15, 0.2) is 63.6 Å². The van der Waals surface area contributed by atoms with Crippen molar-refractivity contribution in [3.05, 3.63) is 75.7 Å². The lowest BCUT2D eigenvalue weighted by atomic mass is 10.2. The van der Waals surface area contributed by atoms with Gasteiger partial charge >= 0.3 is 0 Å². The summed E-state index contributed by atoms with van der Waals surface area (Å²) in [6.07, 6.45) is 0. The van der Waals surface area contributed by atoms with Gasteiger partial charge in [0.15, 0.2) is 5.69 Å². The molecule has 1 aromatic heterocycles. The van der Waals surface area contributed by atoms with E-state index >= 15 is 0 Å². The molecule has 0 fully saturated rings. The van der Waals surface area contributed by atoms with Crippen molar-refractivity contribution in [2.75, 3.05) is 0 Å². The molecule has 5 heteroatoms. The largest absolute Gasteiger partial charge is 0.299 e. The van der Waals surface area contributed by atoms with Gasteiger partial charge in [-0.1, -0.05) is 35.9 Å². The monoisotopic (exact) mass is 306 g/mol. The summed E-state index contributed by atoms with van der Waals surface area (Å²) in [5, 5.41) is 11.4. The number of nitrogens with zero attached hydrogens (tertiary/aromatic N) is 3. The molecule has 0 amide bonds. The van der Waals surface area contributed by atoms with Crippen LogP contribution in [0.4, 0.5) is 11.4 Å². The van der Waals surface area contributed by atoms with Gasteiger partial charge in [0, 0.05) is 0 Å². The van der Waals surface area contributed by atoms with Gasteiger partial charge in [-0.25, -0.2) is 4.68 Å². The van der Waals surface area contributed by atoms with Gasteiger partial charge in [-0.15, -0.1) is 5.11 Å². The predicted octanol–water partition coefficient (Wildman–Crippen LogP) is 4.51. The fourth-order valence-electron chi connectivity index (χ4n) is 2.31. The van der Waals surface area contributed by atoms with Crippen molar-refractivity contribution < 1.29 is 0 Å². The van der Waals surface area contributed by atoms with E-state index in [2.05, 4.69) is 15.3 Å². The first kappa shape index (κ1) is 15.0. The molecule has 0 bridgehead atoms. The highest BCUT2D eigenvalue weighted by Gasteiger charge is 2.12. The van der Waals surface area contributed by atoms with Crippen molar-refractivity contribution in [2.24, 2.45) is 10.2 Å². The normalized spacial score (nSPS) is 11.3. The van der Waals surface area contributed by atoms with Crippen molar-refractivity contribution >= 4 is 11.4 Å². The first-order valence-corrected chi connectivity index (χ1v) is 7.42. The number of aromatic amines is 1. The average molecular weight is 306 g/mol. The van der Waals surface area contributed by atoms with Crippen LogP contribution in [0.1, 0.15) is 16.8 Å². The molecular weight excluding hydrogens is 288 g/mol. The molecule has 5 nitrogen and oxygen atoms in total. The summed E-state index contributed by atoms with van der Waals surface area (Å²) in [7, 11) is 0. The molecule has 0 spiro atoms. The Balaban J connectivity index is 2.00. The maximum atomic E-state index is 12.6. The Morgan fingerprint density at radius 3 is 2.30 bits per heavy atom. The Kier molecular flexibility index (Phi) is 3.93. The molecule has 0 aliphatic carbocycles. The molecule has 1 heterocycles. The van der Waals surface area contributed by atoms with Crippen molar-refractivity contribution in [1.29, 1.82) is 0 Å². The SMILES string of the molecule is Cc1ccc(-n2[nH]c(C)c(N=Nc3ccccc3C)c2=O)cc1. The van der Waals surface area contributed by atoms with E-state index in [1.807, 2.05) is 69.3 Å². The fraction of sp³-hybridized carbons (Fsp3) is 0.167. The predicted molar refractivity (Wildman–Crippen MR) is 91.2 cm³/mol. The second-order valence-electron chi connectivity index (χ2n) is 5.55. The molecule has 1 N–H and O–H groups in total. The van der Waals surface area contributed by atoms with Crippen LogP contribution >= 0.6 is 0 Å². The third-order valence-electron chi connectivity index (χ3n) is 3.71. The quantitative estimate of drug-likeness (QED) is 0.711. The Morgan fingerprint density at radius 1 is 0.913 bits per heavy atom. The molecule has 0 atom stereocenters. The molecular formula is C18H18N4O. The molecule has 0 aliphatic heterocycles. The number of H-pyrrole nitrogens is 1. The summed E-state index contributed by atoms with van der Waals surface area (Å²) in [6, 6.07) is 15.4. The second kappa shape index (κ2) is 6.04. The van der Waals surface area contributed by atoms with Gasteiger partial charge in [-0.05, 0) is 44.5 Å². The summed E-state index contributed by atoms with van der Waals surface area (Å²) >= 11 is 0. The van der Waals surface area contributed by atoms with Crippen molar-refractivity contribution in [1.82, 2.24) is 9.78 Å². The number of aromatic nitrogens is 2. The summed E-state index contributed by atoms with van der Waals surface area (Å²) in [5.41, 5.74) is 4.51. The van der Waals surface area contributed by atoms with Gasteiger partial charge in [0.05, 0.1) is 17.1 Å². The molecule has 23 heavy (non-hydrogen) atoms. The zero-order chi connectivity index (χ0) is 16.4. The molecule has 116 valence electrons. The zero-order valence-corrected chi connectivity index (χ0v) is 13.4. The smallest absolute Gasteiger partial charge is 0.293 e. The maximum absolute atomic E-state index is 12.6. The van der Waals surface area contributed by atoms with Crippen molar-refractivity contribution in [3.8, 4) is 5.69 Å². The third kappa shape index (κ3) is 2.99. The van der Waals surface area contributed by atoms with Gasteiger partial charge in [-0.2, -0.15) is 5.11 Å². The Labute approximate surface area is 134 Å². The van der Waals surface area contributed by atoms with E-state index < -0.39 is 0 Å². The topological polar surface area (TPSA) is 62.5 Å². The molecule has 3 rings (SSSR count). The zero-order valence-electron chi connectivity index (χ0n) is 13.4. The van der Waals surface area contributed by atoms with E-state index in [0.29, 0.717) is 11.4 Å². The van der Waals surface area contributed by atoms with Gasteiger partial charge in [0.1, 0.15) is 0 Å². The number of benzene rings is 2. The number of azo groups is 1. The van der Waals surface area contributed by atoms with E-state index in [4.69, 9.17) is 0 Å². The standard InChI is InChI=1S/C18H18N4O/c1-12-8-10-15(11-9-12)22-18(23)17(14(3)21-22)20-19-16-7-5-4-6-13(16)2/h4-11,21H,1-3H3. The Hall–Kier alpha value is -2.95. The van der Waals surface area contributed by atoms with E-state index in [1.54, 1.807) is 0 Å². The van der Waals surface area contributed by atoms with Crippen molar-refractivity contribution in [3.63, 3.8) is 0 Å². The first-order valence-electron chi connectivity index (χ1n) is 7.42. The Morgan fingerprint density at radius 2 is 1.61 bits per heavy atom. The molecule has 0 radical (unpaired) electrons. The lowest BCUT2D eigenvalue weighted by Crippen LogP contribution is -2.13. The Bertz CT molecular complexity index is 917. The van der Waals surface area contributed by atoms with Crippen LogP contribution in [0.25, 0.3) is 5.69 Å². The second-order valence-corrected chi connectivity index (χ2v) is 5.55. The fourth-order valence-corrected chi connectivity index (χ4v) is 2.31. The van der Waals surface area contributed by atoms with Crippen LogP contribution in [-0.2, 0) is 0 Å². The highest BCUT2D eigenvalue weighted by Crippen LogP contribution is 2.21. The number of hydrogen-bond acceptors (Lipinski definition) is 3. The molecule has 0 saturated carbocycles. The van der Waals surface area contributed by atoms with Crippen LogP contribution in [0, 0.1) is 20.8 Å². The summed E-state index contributed by atoms with van der Waals surface area (Å²) in [5.74, 6) is 0. The minimum absolute atomic E-state index is 0.205. The molecule has 3 aromatic rings. The summed E-state index contributed by atoms with van der Waals surface area (Å²) < 4.78 is 1.49. The third-order valence-corrected chi connectivity index (χ3v) is 3.71. The van der Waals surface area contributed by atoms with Crippen LogP contribution in [0.3, 0.4) is 0 Å². The lowest BCUT2D eigenvalue weighted by Gasteiger charge is -2.01. The molecule has 0 aliphatic rings. The van der Waals surface area contributed by atoms with Crippen LogP contribution in [0.5, 0.6) is 0 Å². The minimum Gasteiger partial charge on any atom is -0.293 e. The van der Waals surface area contributed by atoms with Gasteiger partial charge in [0.25, 0.3) is 5.56 Å². The molecule has 0 saturated heterocycles. The lowest BCUT2D eigenvalue weighted by molar-refractivity contribution is 0.835. The van der Waals surface area contributed by atoms with Crippen LogP contribution in [-0.4, -0.2) is 9.78 Å². The first-order chi connectivity index (χ1) is 11.1. The number of nitrogens with one attached hydrogen (secondary N) is 1. The van der Waals surface area contributed by atoms with Crippen LogP contribution in [0.2, 0.25) is 0 Å². The minimum atomic E-state index is -0.205. The number of aryl methyl sites for hydroxylation is 3. The summed E-state index contributed by atoms with van der Waals surface area (Å²) in [4.78, 5) is 12.6. The molecule has 2 aromatic carbocycles. The van der Waals surface area contributed by atoms with E-state index in [-0.39, 0.29) is 5.56 Å². The van der Waals surface area contributed by atoms with Crippen molar-refractivity contribution in [2.45, 2.75) is 20.8 Å². The maximum Gasteiger partial charge on any atom is 0.299 e. The highest BCUT2D eigenvalue weighted by molar-refractivity contribution is 5.47. The van der Waals surface area contributed by atoms with Gasteiger partial charge in [0.2, 0.25) is 0 Å². The van der Waals surface area contributed by atoms with Gasteiger partial charge in [-0.3, -0.25) is 9.89 Å². The molecule has 0 unspecified atom stereocenters. The number of hydrogen-bond donors (Lipinski definition) is 1. The highest BCUT2D eigenvalue weighted by atomic mass is 16.1.